The van der Waals surface area contributed by atoms with E-state index < -0.39 is 0 Å². The molecule has 0 aliphatic heterocycles. The van der Waals surface area contributed by atoms with Crippen LogP contribution in [0.1, 0.15) is 24.1 Å². The van der Waals surface area contributed by atoms with Crippen LogP contribution in [-0.4, -0.2) is 5.11 Å². The van der Waals surface area contributed by atoms with E-state index in [0.29, 0.717) is 5.11 Å². The predicted molar refractivity (Wildman–Crippen MR) is 101 cm³/mol. The number of benzene rings is 3. The van der Waals surface area contributed by atoms with Crippen molar-refractivity contribution < 1.29 is 0 Å². The smallest absolute Gasteiger partial charge is 0.167 e. The van der Waals surface area contributed by atoms with Crippen molar-refractivity contribution in [2.24, 2.45) is 0 Å². The number of hydrogen-bond donors (Lipinski definition) is 2. The van der Waals surface area contributed by atoms with E-state index in [1.165, 1.54) is 21.9 Å². The third-order valence-electron chi connectivity index (χ3n) is 3.93. The number of thiocarbonyl (C=S) groups is 1. The Morgan fingerprint density at radius 3 is 2.43 bits per heavy atom. The van der Waals surface area contributed by atoms with Gasteiger partial charge in [-0.2, -0.15) is 0 Å². The van der Waals surface area contributed by atoms with Gasteiger partial charge in [-0.05, 0) is 41.0 Å². The lowest BCUT2D eigenvalue weighted by molar-refractivity contribution is 0.703. The van der Waals surface area contributed by atoms with Crippen LogP contribution >= 0.6 is 12.2 Å². The van der Waals surface area contributed by atoms with E-state index in [0.717, 1.165) is 6.54 Å². The summed E-state index contributed by atoms with van der Waals surface area (Å²) >= 11 is 5.43. The van der Waals surface area contributed by atoms with Crippen molar-refractivity contribution in [2.75, 3.05) is 0 Å². The van der Waals surface area contributed by atoms with E-state index in [1.807, 2.05) is 18.2 Å². The Balaban J connectivity index is 1.66. The third-order valence-corrected chi connectivity index (χ3v) is 4.20. The normalized spacial score (nSPS) is 11.9. The fourth-order valence-corrected chi connectivity index (χ4v) is 2.98. The number of fused-ring (bicyclic) bond motifs is 1. The molecular formula is C20H20N2S. The molecule has 0 radical (unpaired) electrons. The van der Waals surface area contributed by atoms with Gasteiger partial charge in [0.1, 0.15) is 0 Å². The molecule has 0 unspecified atom stereocenters. The van der Waals surface area contributed by atoms with Gasteiger partial charge in [0.05, 0.1) is 6.04 Å². The van der Waals surface area contributed by atoms with Crippen LogP contribution in [-0.2, 0) is 6.54 Å². The lowest BCUT2D eigenvalue weighted by Gasteiger charge is -2.19. The molecule has 2 N–H and O–H groups in total. The summed E-state index contributed by atoms with van der Waals surface area (Å²) in [7, 11) is 0. The molecule has 23 heavy (non-hydrogen) atoms. The molecule has 0 aliphatic rings. The van der Waals surface area contributed by atoms with Crippen molar-refractivity contribution in [3.63, 3.8) is 0 Å². The summed E-state index contributed by atoms with van der Waals surface area (Å²) in [5.41, 5.74) is 2.47. The molecule has 0 aliphatic carbocycles. The van der Waals surface area contributed by atoms with E-state index >= 15 is 0 Å². The van der Waals surface area contributed by atoms with Gasteiger partial charge in [0.2, 0.25) is 0 Å². The van der Waals surface area contributed by atoms with Crippen LogP contribution in [0.5, 0.6) is 0 Å². The van der Waals surface area contributed by atoms with Gasteiger partial charge in [0.15, 0.2) is 5.11 Å². The Labute approximate surface area is 142 Å². The van der Waals surface area contributed by atoms with Crippen LogP contribution in [0, 0.1) is 0 Å². The first kappa shape index (κ1) is 15.5. The fourth-order valence-electron chi connectivity index (χ4n) is 2.73. The van der Waals surface area contributed by atoms with Gasteiger partial charge in [0.25, 0.3) is 0 Å². The first-order chi connectivity index (χ1) is 11.2. The first-order valence-electron chi connectivity index (χ1n) is 7.80. The van der Waals surface area contributed by atoms with Crippen molar-refractivity contribution >= 4 is 28.1 Å². The SMILES string of the molecule is C[C@H](NC(=S)NCc1ccccc1)c1cccc2ccccc12. The van der Waals surface area contributed by atoms with Gasteiger partial charge in [-0.15, -0.1) is 0 Å². The van der Waals surface area contributed by atoms with Crippen molar-refractivity contribution in [1.82, 2.24) is 10.6 Å². The molecular weight excluding hydrogens is 300 g/mol. The van der Waals surface area contributed by atoms with E-state index in [1.54, 1.807) is 0 Å². The maximum Gasteiger partial charge on any atom is 0.167 e. The van der Waals surface area contributed by atoms with E-state index in [2.05, 4.69) is 72.2 Å². The summed E-state index contributed by atoms with van der Waals surface area (Å²) in [6, 6.07) is 25.2. The molecule has 0 amide bonds. The lowest BCUT2D eigenvalue weighted by atomic mass is 10.00. The second-order valence-electron chi connectivity index (χ2n) is 5.60. The van der Waals surface area contributed by atoms with Crippen LogP contribution in [0.25, 0.3) is 10.8 Å². The van der Waals surface area contributed by atoms with Gasteiger partial charge >= 0.3 is 0 Å². The summed E-state index contributed by atoms with van der Waals surface area (Å²) in [5, 5.41) is 9.84. The Bertz CT molecular complexity index is 794. The molecule has 0 saturated carbocycles. The fraction of sp³-hybridized carbons (Fsp3) is 0.150. The zero-order valence-electron chi connectivity index (χ0n) is 13.1. The van der Waals surface area contributed by atoms with Crippen molar-refractivity contribution in [3.05, 3.63) is 83.9 Å². The molecule has 3 aromatic rings. The molecule has 0 heterocycles. The van der Waals surface area contributed by atoms with Crippen LogP contribution < -0.4 is 10.6 Å². The second-order valence-corrected chi connectivity index (χ2v) is 6.01. The van der Waals surface area contributed by atoms with Crippen LogP contribution in [0.2, 0.25) is 0 Å². The maximum atomic E-state index is 5.43. The summed E-state index contributed by atoms with van der Waals surface area (Å²) in [4.78, 5) is 0. The minimum absolute atomic E-state index is 0.150. The van der Waals surface area contributed by atoms with Crippen LogP contribution in [0.15, 0.2) is 72.8 Å². The zero-order valence-corrected chi connectivity index (χ0v) is 13.9. The Kier molecular flexibility index (Phi) is 4.89. The number of nitrogens with one attached hydrogen (secondary N) is 2. The minimum Gasteiger partial charge on any atom is -0.359 e. The molecule has 0 fully saturated rings. The van der Waals surface area contributed by atoms with Crippen molar-refractivity contribution in [1.29, 1.82) is 0 Å². The minimum atomic E-state index is 0.150. The summed E-state index contributed by atoms with van der Waals surface area (Å²) in [6.45, 7) is 2.87. The quantitative estimate of drug-likeness (QED) is 0.689. The molecule has 0 spiro atoms. The Morgan fingerprint density at radius 1 is 0.913 bits per heavy atom. The number of rotatable bonds is 4. The highest BCUT2D eigenvalue weighted by molar-refractivity contribution is 7.80. The Morgan fingerprint density at radius 2 is 1.61 bits per heavy atom. The molecule has 0 aromatic heterocycles. The molecule has 116 valence electrons. The topological polar surface area (TPSA) is 24.1 Å². The molecule has 0 saturated heterocycles. The number of hydrogen-bond acceptors (Lipinski definition) is 1. The second kappa shape index (κ2) is 7.25. The Hall–Kier alpha value is -2.39. The van der Waals surface area contributed by atoms with E-state index in [9.17, 15) is 0 Å². The highest BCUT2D eigenvalue weighted by Crippen LogP contribution is 2.23. The average Bonchev–Trinajstić information content (AvgIpc) is 2.60. The van der Waals surface area contributed by atoms with Gasteiger partial charge in [-0.3, -0.25) is 0 Å². The van der Waals surface area contributed by atoms with Crippen LogP contribution in [0.3, 0.4) is 0 Å². The molecule has 2 nitrogen and oxygen atoms in total. The standard InChI is InChI=1S/C20H20N2S/c1-15(18-13-7-11-17-10-5-6-12-19(17)18)22-20(23)21-14-16-8-3-2-4-9-16/h2-13,15H,14H2,1H3,(H2,21,22,23)/t15-/m0/s1. The largest absolute Gasteiger partial charge is 0.359 e. The molecule has 3 rings (SSSR count). The monoisotopic (exact) mass is 320 g/mol. The molecule has 3 heteroatoms. The highest BCUT2D eigenvalue weighted by Gasteiger charge is 2.10. The molecule has 3 aromatic carbocycles. The van der Waals surface area contributed by atoms with E-state index in [-0.39, 0.29) is 6.04 Å². The lowest BCUT2D eigenvalue weighted by Crippen LogP contribution is -2.36. The summed E-state index contributed by atoms with van der Waals surface area (Å²) < 4.78 is 0. The van der Waals surface area contributed by atoms with Gasteiger partial charge in [-0.1, -0.05) is 72.8 Å². The highest BCUT2D eigenvalue weighted by atomic mass is 32.1. The maximum absolute atomic E-state index is 5.43. The van der Waals surface area contributed by atoms with Crippen molar-refractivity contribution in [2.45, 2.75) is 19.5 Å². The predicted octanol–water partition coefficient (Wildman–Crippen LogP) is 4.57. The van der Waals surface area contributed by atoms with Crippen LogP contribution in [0.4, 0.5) is 0 Å². The average molecular weight is 320 g/mol. The molecule has 0 bridgehead atoms. The summed E-state index contributed by atoms with van der Waals surface area (Å²) in [6.07, 6.45) is 0. The van der Waals surface area contributed by atoms with Gasteiger partial charge in [0, 0.05) is 6.54 Å². The first-order valence-corrected chi connectivity index (χ1v) is 8.21. The van der Waals surface area contributed by atoms with Gasteiger partial charge < -0.3 is 10.6 Å². The van der Waals surface area contributed by atoms with Gasteiger partial charge in [-0.25, -0.2) is 0 Å². The summed E-state index contributed by atoms with van der Waals surface area (Å²) in [5.74, 6) is 0. The zero-order chi connectivity index (χ0) is 16.1. The molecule has 1 atom stereocenters. The third kappa shape index (κ3) is 3.88. The van der Waals surface area contributed by atoms with E-state index in [4.69, 9.17) is 12.2 Å². The van der Waals surface area contributed by atoms with Crippen molar-refractivity contribution in [3.8, 4) is 0 Å².